The first-order chi connectivity index (χ1) is 17.4. The summed E-state index contributed by atoms with van der Waals surface area (Å²) >= 11 is 0.803. The van der Waals surface area contributed by atoms with Gasteiger partial charge in [0.15, 0.2) is 0 Å². The lowest BCUT2D eigenvalue weighted by molar-refractivity contribution is -0.545. The Morgan fingerprint density at radius 2 is 1.12 bits per heavy atom. The van der Waals surface area contributed by atoms with Crippen molar-refractivity contribution < 1.29 is 104 Å². The van der Waals surface area contributed by atoms with E-state index in [4.69, 9.17) is 10.2 Å². The smallest absolute Gasteiger partial charge is 0.471 e. The Labute approximate surface area is 215 Å². The minimum atomic E-state index is -7.96. The second-order valence-corrected chi connectivity index (χ2v) is 7.88. The van der Waals surface area contributed by atoms with Crippen LogP contribution >= 0.6 is 15.9 Å². The highest BCUT2D eigenvalue weighted by Crippen LogP contribution is 2.57. The number of benzene rings is 1. The van der Waals surface area contributed by atoms with Crippen LogP contribution in [0, 0.1) is 0 Å². The van der Waals surface area contributed by atoms with Crippen molar-refractivity contribution in [3.05, 3.63) is 29.3 Å². The summed E-state index contributed by atoms with van der Waals surface area (Å²) < 4.78 is 213. The Bertz CT molecular complexity index is 1130. The normalized spacial score (nSPS) is 17.1. The Balaban J connectivity index is 3.60. The van der Waals surface area contributed by atoms with Gasteiger partial charge in [0.05, 0.1) is 5.56 Å². The number of aromatic carboxylic acids is 2. The lowest BCUT2D eigenvalue weighted by Gasteiger charge is -2.40. The molecule has 1 rings (SSSR count). The number of ether oxygens (including phenoxy) is 3. The molecule has 0 saturated heterocycles. The van der Waals surface area contributed by atoms with Crippen LogP contribution in [0.4, 0.5) is 70.2 Å². The standard InChI is InChI=1S/C16H5BrF16O7/c17-11(21,16(32,33)38-6-3-4(7(34)35)1-2-5(6)8(36)37)40-15(30,31)10(20,13(25,26)27)39-14(28,29)9(18,19)12(22,23)24/h1-3H,(H,34,35)(H,36,37). The SMILES string of the molecule is O=C(O)c1ccc(C(=O)O)c(OC(F)(F)C(F)(Br)OC(F)(F)C(F)(OC(F)(F)C(F)(F)C(F)(F)F)C(F)(F)F)c1. The van der Waals surface area contributed by atoms with Crippen LogP contribution in [-0.2, 0) is 9.47 Å². The lowest BCUT2D eigenvalue weighted by atomic mass is 10.1. The molecule has 0 amide bonds. The minimum Gasteiger partial charge on any atom is -0.478 e. The summed E-state index contributed by atoms with van der Waals surface area (Å²) in [5, 5.41) is 17.6. The zero-order chi connectivity index (χ0) is 32.1. The number of hydrogen-bond donors (Lipinski definition) is 2. The number of carboxylic acids is 2. The molecule has 0 fully saturated rings. The molecule has 0 spiro atoms. The molecule has 0 aliphatic heterocycles. The molecule has 0 aromatic heterocycles. The van der Waals surface area contributed by atoms with Crippen molar-refractivity contribution in [2.45, 2.75) is 47.2 Å². The fraction of sp³-hybridized carbons (Fsp3) is 0.500. The van der Waals surface area contributed by atoms with Crippen molar-refractivity contribution in [1.29, 1.82) is 0 Å². The van der Waals surface area contributed by atoms with E-state index in [1.165, 1.54) is 4.74 Å². The van der Waals surface area contributed by atoms with E-state index in [1.54, 1.807) is 0 Å². The van der Waals surface area contributed by atoms with E-state index in [1.807, 2.05) is 0 Å². The van der Waals surface area contributed by atoms with Gasteiger partial charge in [0.2, 0.25) is 0 Å². The molecule has 0 aliphatic carbocycles. The summed E-state index contributed by atoms with van der Waals surface area (Å²) in [6, 6.07) is 0.417. The van der Waals surface area contributed by atoms with Crippen LogP contribution in [0.1, 0.15) is 20.7 Å². The largest absolute Gasteiger partial charge is 0.478 e. The van der Waals surface area contributed by atoms with Gasteiger partial charge in [-0.05, 0) is 34.1 Å². The number of hydrogen-bond acceptors (Lipinski definition) is 5. The lowest BCUT2D eigenvalue weighted by Crippen LogP contribution is -2.67. The highest BCUT2D eigenvalue weighted by molar-refractivity contribution is 9.10. The third-order valence-corrected chi connectivity index (χ3v) is 4.65. The van der Waals surface area contributed by atoms with Crippen LogP contribution in [0.15, 0.2) is 18.2 Å². The predicted molar refractivity (Wildman–Crippen MR) is 91.7 cm³/mol. The molecule has 7 nitrogen and oxygen atoms in total. The summed E-state index contributed by atoms with van der Waals surface area (Å²) in [6.07, 6.45) is -37.5. The van der Waals surface area contributed by atoms with Crippen molar-refractivity contribution in [3.8, 4) is 5.75 Å². The van der Waals surface area contributed by atoms with Crippen LogP contribution in [0.5, 0.6) is 5.75 Å². The Morgan fingerprint density at radius 3 is 1.50 bits per heavy atom. The Kier molecular flexibility index (Phi) is 9.04. The monoisotopic (exact) mass is 692 g/mol. The van der Waals surface area contributed by atoms with E-state index in [-0.39, 0.29) is 12.1 Å². The van der Waals surface area contributed by atoms with Gasteiger partial charge in [0.1, 0.15) is 11.3 Å². The molecule has 0 bridgehead atoms. The Morgan fingerprint density at radius 1 is 0.650 bits per heavy atom. The molecule has 2 atom stereocenters. The molecule has 0 aliphatic rings. The number of halogens is 17. The van der Waals surface area contributed by atoms with Crippen molar-refractivity contribution in [3.63, 3.8) is 0 Å². The van der Waals surface area contributed by atoms with Crippen molar-refractivity contribution in [2.75, 3.05) is 0 Å². The quantitative estimate of drug-likeness (QED) is 0.196. The number of carbonyl (C=O) groups is 2. The van der Waals surface area contributed by atoms with Gasteiger partial charge >= 0.3 is 59.2 Å². The highest BCUT2D eigenvalue weighted by Gasteiger charge is 2.85. The molecular weight excluding hydrogens is 688 g/mol. The van der Waals surface area contributed by atoms with Crippen LogP contribution < -0.4 is 4.74 Å². The Hall–Kier alpha value is -2.76. The van der Waals surface area contributed by atoms with Crippen LogP contribution in [0.3, 0.4) is 0 Å². The van der Waals surface area contributed by atoms with Crippen molar-refractivity contribution in [1.82, 2.24) is 0 Å². The van der Waals surface area contributed by atoms with Gasteiger partial charge in [-0.2, -0.15) is 70.2 Å². The summed E-state index contributed by atoms with van der Waals surface area (Å²) in [4.78, 5) is 22.0. The van der Waals surface area contributed by atoms with Crippen molar-refractivity contribution >= 4 is 27.9 Å². The molecular formula is C16H5BrF16O7. The van der Waals surface area contributed by atoms with Crippen LogP contribution in [-0.4, -0.2) is 69.4 Å². The average Bonchev–Trinajstić information content (AvgIpc) is 2.69. The van der Waals surface area contributed by atoms with Gasteiger partial charge < -0.3 is 14.9 Å². The first-order valence-electron chi connectivity index (χ1n) is 8.78. The van der Waals surface area contributed by atoms with Gasteiger partial charge in [-0.3, -0.25) is 9.47 Å². The van der Waals surface area contributed by atoms with E-state index < -0.39 is 76.0 Å². The zero-order valence-corrected chi connectivity index (χ0v) is 19.2. The maximum absolute atomic E-state index is 14.4. The van der Waals surface area contributed by atoms with E-state index >= 15 is 0 Å². The van der Waals surface area contributed by atoms with E-state index in [9.17, 15) is 79.8 Å². The van der Waals surface area contributed by atoms with E-state index in [0.717, 1.165) is 15.9 Å². The molecule has 2 N–H and O–H groups in total. The van der Waals surface area contributed by atoms with Gasteiger partial charge in [-0.25, -0.2) is 9.59 Å². The van der Waals surface area contributed by atoms with Gasteiger partial charge in [0, 0.05) is 0 Å². The zero-order valence-electron chi connectivity index (χ0n) is 17.6. The maximum atomic E-state index is 14.4. The molecule has 40 heavy (non-hydrogen) atoms. The maximum Gasteiger partial charge on any atom is 0.471 e. The fourth-order valence-electron chi connectivity index (χ4n) is 2.09. The van der Waals surface area contributed by atoms with Gasteiger partial charge in [-0.1, -0.05) is 0 Å². The molecule has 230 valence electrons. The predicted octanol–water partition coefficient (Wildman–Crippen LogP) is 6.72. The summed E-state index contributed by atoms with van der Waals surface area (Å²) in [5.74, 6) is -22.1. The number of rotatable bonds is 11. The molecule has 1 aromatic rings. The van der Waals surface area contributed by atoms with Gasteiger partial charge in [0.25, 0.3) is 0 Å². The molecule has 24 heteroatoms. The molecule has 0 radical (unpaired) electrons. The minimum absolute atomic E-state index is 0.154. The van der Waals surface area contributed by atoms with Crippen molar-refractivity contribution in [2.24, 2.45) is 0 Å². The third-order valence-electron chi connectivity index (χ3n) is 4.02. The second kappa shape index (κ2) is 10.3. The van der Waals surface area contributed by atoms with E-state index in [0.29, 0.717) is 6.07 Å². The first kappa shape index (κ1) is 35.3. The third kappa shape index (κ3) is 6.42. The average molecular weight is 693 g/mol. The summed E-state index contributed by atoms with van der Waals surface area (Å²) in [6.45, 7) is 0. The molecule has 2 unspecified atom stereocenters. The molecule has 0 heterocycles. The summed E-state index contributed by atoms with van der Waals surface area (Å²) in [5.41, 5.74) is -2.66. The molecule has 0 saturated carbocycles. The fourth-order valence-corrected chi connectivity index (χ4v) is 2.37. The first-order valence-corrected chi connectivity index (χ1v) is 9.57. The number of carboxylic acid groups (broad SMARTS) is 2. The van der Waals surface area contributed by atoms with E-state index in [2.05, 4.69) is 9.47 Å². The topological polar surface area (TPSA) is 102 Å². The second-order valence-electron chi connectivity index (χ2n) is 6.86. The van der Waals surface area contributed by atoms with Gasteiger partial charge in [-0.15, -0.1) is 0 Å². The highest BCUT2D eigenvalue weighted by atomic mass is 79.9. The number of alkyl halides is 17. The summed E-state index contributed by atoms with van der Waals surface area (Å²) in [7, 11) is 0. The van der Waals surface area contributed by atoms with Crippen LogP contribution in [0.2, 0.25) is 0 Å². The van der Waals surface area contributed by atoms with Crippen LogP contribution in [0.25, 0.3) is 0 Å². The molecule has 1 aromatic carbocycles.